The monoisotopic (exact) mass is 309 g/mol. The predicted octanol–water partition coefficient (Wildman–Crippen LogP) is 3.77. The Morgan fingerprint density at radius 1 is 1.09 bits per heavy atom. The second-order valence-electron chi connectivity index (χ2n) is 8.21. The van der Waals surface area contributed by atoms with Gasteiger partial charge in [0.1, 0.15) is 0 Å². The summed E-state index contributed by atoms with van der Waals surface area (Å²) < 4.78 is 0. The third-order valence-corrected chi connectivity index (χ3v) is 6.65. The molecule has 1 amide bonds. The molecule has 120 valence electrons. The van der Waals surface area contributed by atoms with E-state index in [0.29, 0.717) is 23.1 Å². The standard InChI is InChI=1S/C20H23NO2/c22-18-16-3-1-2-4-17(16)19(23)21(18)6-5-20-10-13-7-14(11-20)9-15(8-13)12-20/h1-4,10,13-15,22H,5-9,11-12H2. The Kier molecular flexibility index (Phi) is 2.94. The van der Waals surface area contributed by atoms with Gasteiger partial charge in [0.15, 0.2) is 0 Å². The van der Waals surface area contributed by atoms with Crippen molar-refractivity contribution in [3.05, 3.63) is 48.0 Å². The molecule has 1 aromatic rings. The van der Waals surface area contributed by atoms with Crippen molar-refractivity contribution in [2.75, 3.05) is 6.54 Å². The highest BCUT2D eigenvalue weighted by molar-refractivity contribution is 6.00. The van der Waals surface area contributed by atoms with E-state index in [0.717, 1.165) is 24.2 Å². The molecular weight excluding hydrogens is 286 g/mol. The second kappa shape index (κ2) is 4.83. The second-order valence-corrected chi connectivity index (χ2v) is 8.21. The van der Waals surface area contributed by atoms with Crippen LogP contribution < -0.4 is 0 Å². The molecule has 0 aromatic heterocycles. The van der Waals surface area contributed by atoms with E-state index in [-0.39, 0.29) is 12.1 Å². The number of aliphatic hydroxyl groups is 1. The molecule has 0 spiro atoms. The number of carbonyl (C=O) groups is 1. The summed E-state index contributed by atoms with van der Waals surface area (Å²) in [5.41, 5.74) is 1.65. The largest absolute Gasteiger partial charge is 0.363 e. The zero-order valence-corrected chi connectivity index (χ0v) is 13.4. The Morgan fingerprint density at radius 3 is 2.43 bits per heavy atom. The number of hydrogen-bond donors (Lipinski definition) is 1. The first kappa shape index (κ1) is 14.0. The van der Waals surface area contributed by atoms with Gasteiger partial charge < -0.3 is 10.0 Å². The Labute approximate surface area is 137 Å². The lowest BCUT2D eigenvalue weighted by atomic mass is 9.49. The smallest absolute Gasteiger partial charge is 0.256 e. The summed E-state index contributed by atoms with van der Waals surface area (Å²) in [7, 11) is 0. The number of carbonyl (C=O) groups excluding carboxylic acids is 1. The molecule has 4 saturated carbocycles. The highest BCUT2D eigenvalue weighted by Gasteiger charge is 2.51. The van der Waals surface area contributed by atoms with Crippen LogP contribution >= 0.6 is 0 Å². The maximum atomic E-state index is 12.6. The van der Waals surface area contributed by atoms with Crippen LogP contribution in [0.25, 0.3) is 0 Å². The van der Waals surface area contributed by atoms with E-state index in [1.54, 1.807) is 4.90 Å². The van der Waals surface area contributed by atoms with Crippen molar-refractivity contribution in [3.63, 3.8) is 0 Å². The first-order valence-corrected chi connectivity index (χ1v) is 8.97. The van der Waals surface area contributed by atoms with Crippen molar-refractivity contribution in [1.82, 2.24) is 4.90 Å². The van der Waals surface area contributed by atoms with Gasteiger partial charge in [-0.2, -0.15) is 0 Å². The van der Waals surface area contributed by atoms with E-state index >= 15 is 0 Å². The van der Waals surface area contributed by atoms with Crippen molar-refractivity contribution in [1.29, 1.82) is 0 Å². The zero-order valence-electron chi connectivity index (χ0n) is 13.4. The van der Waals surface area contributed by atoms with E-state index in [9.17, 15) is 9.90 Å². The molecule has 1 N–H and O–H groups in total. The van der Waals surface area contributed by atoms with Gasteiger partial charge in [-0.1, -0.05) is 18.2 Å². The van der Waals surface area contributed by atoms with Gasteiger partial charge in [-0.15, -0.1) is 0 Å². The Balaban J connectivity index is 1.33. The molecule has 4 aliphatic carbocycles. The molecule has 23 heavy (non-hydrogen) atoms. The zero-order chi connectivity index (χ0) is 15.6. The number of fused-ring (bicyclic) bond motifs is 1. The number of hydrogen-bond acceptors (Lipinski definition) is 2. The molecule has 1 heterocycles. The molecule has 2 atom stereocenters. The molecule has 1 aromatic carbocycles. The normalized spacial score (nSPS) is 38.4. The number of rotatable bonds is 3. The summed E-state index contributed by atoms with van der Waals surface area (Å²) >= 11 is 0. The molecule has 4 bridgehead atoms. The van der Waals surface area contributed by atoms with Crippen LogP contribution in [0.4, 0.5) is 0 Å². The summed E-state index contributed by atoms with van der Waals surface area (Å²) in [5, 5.41) is 10.4. The Hall–Kier alpha value is -1.35. The summed E-state index contributed by atoms with van der Waals surface area (Å²) in [6, 6.07) is 7.38. The van der Waals surface area contributed by atoms with Crippen LogP contribution in [0.3, 0.4) is 0 Å². The van der Waals surface area contributed by atoms with Gasteiger partial charge in [0.2, 0.25) is 6.23 Å². The summed E-state index contributed by atoms with van der Waals surface area (Å²) in [6.45, 7) is 0.641. The van der Waals surface area contributed by atoms with Crippen LogP contribution in [0, 0.1) is 35.8 Å². The SMILES string of the molecule is O=C1c2ccccc2[C](O)N1CCC12[CH]C3CC(CC(C3)C1)C2. The Bertz CT molecular complexity index is 618. The maximum Gasteiger partial charge on any atom is 0.256 e. The third-order valence-electron chi connectivity index (χ3n) is 6.65. The predicted molar refractivity (Wildman–Crippen MR) is 86.7 cm³/mol. The number of aliphatic hydroxyl groups excluding tert-OH is 1. The van der Waals surface area contributed by atoms with Gasteiger partial charge in [-0.3, -0.25) is 4.79 Å². The van der Waals surface area contributed by atoms with Gasteiger partial charge in [0.25, 0.3) is 5.91 Å². The van der Waals surface area contributed by atoms with Crippen molar-refractivity contribution in [2.24, 2.45) is 23.2 Å². The van der Waals surface area contributed by atoms with Crippen LogP contribution in [-0.2, 0) is 0 Å². The molecule has 3 heteroatoms. The molecule has 6 rings (SSSR count). The number of nitrogens with zero attached hydrogens (tertiary/aromatic N) is 1. The van der Waals surface area contributed by atoms with E-state index in [4.69, 9.17) is 0 Å². The van der Waals surface area contributed by atoms with Crippen molar-refractivity contribution >= 4 is 5.91 Å². The molecule has 0 saturated heterocycles. The molecule has 3 nitrogen and oxygen atoms in total. The van der Waals surface area contributed by atoms with Crippen LogP contribution in [0.2, 0.25) is 0 Å². The number of benzene rings is 1. The molecular formula is C20H23NO2. The molecule has 1 aliphatic heterocycles. The lowest BCUT2D eigenvalue weighted by Gasteiger charge is -2.57. The number of amides is 1. The summed E-state index contributed by atoms with van der Waals surface area (Å²) in [6.07, 6.45) is 10.6. The van der Waals surface area contributed by atoms with Crippen LogP contribution in [0.1, 0.15) is 54.4 Å². The van der Waals surface area contributed by atoms with E-state index in [2.05, 4.69) is 6.42 Å². The van der Waals surface area contributed by atoms with Crippen molar-refractivity contribution < 1.29 is 9.90 Å². The minimum absolute atomic E-state index is 0.0390. The van der Waals surface area contributed by atoms with Crippen LogP contribution in [0.15, 0.2) is 24.3 Å². The Morgan fingerprint density at radius 2 is 1.78 bits per heavy atom. The van der Waals surface area contributed by atoms with Gasteiger partial charge in [-0.25, -0.2) is 0 Å². The molecule has 2 radical (unpaired) electrons. The quantitative estimate of drug-likeness (QED) is 0.923. The topological polar surface area (TPSA) is 40.5 Å². The lowest BCUT2D eigenvalue weighted by Crippen LogP contribution is -2.48. The minimum atomic E-state index is -0.0390. The van der Waals surface area contributed by atoms with Gasteiger partial charge in [0.05, 0.1) is 0 Å². The highest BCUT2D eigenvalue weighted by Crippen LogP contribution is 2.60. The van der Waals surface area contributed by atoms with E-state index in [1.165, 1.54) is 32.1 Å². The highest BCUT2D eigenvalue weighted by atomic mass is 16.3. The van der Waals surface area contributed by atoms with Gasteiger partial charge in [-0.05, 0) is 74.2 Å². The van der Waals surface area contributed by atoms with Crippen molar-refractivity contribution in [3.8, 4) is 0 Å². The van der Waals surface area contributed by atoms with E-state index < -0.39 is 0 Å². The fourth-order valence-corrected chi connectivity index (χ4v) is 6.04. The van der Waals surface area contributed by atoms with Gasteiger partial charge in [0, 0.05) is 17.7 Å². The van der Waals surface area contributed by atoms with Crippen LogP contribution in [0.5, 0.6) is 0 Å². The third kappa shape index (κ3) is 2.09. The summed E-state index contributed by atoms with van der Waals surface area (Å²) in [5.74, 6) is 2.58. The average Bonchev–Trinajstić information content (AvgIpc) is 2.76. The first-order valence-electron chi connectivity index (χ1n) is 8.97. The summed E-state index contributed by atoms with van der Waals surface area (Å²) in [4.78, 5) is 14.2. The van der Waals surface area contributed by atoms with E-state index in [1.807, 2.05) is 24.3 Å². The fourth-order valence-electron chi connectivity index (χ4n) is 6.04. The molecule has 5 aliphatic rings. The lowest BCUT2D eigenvalue weighted by molar-refractivity contribution is -0.0137. The first-order chi connectivity index (χ1) is 11.1. The van der Waals surface area contributed by atoms with Gasteiger partial charge >= 0.3 is 0 Å². The average molecular weight is 309 g/mol. The minimum Gasteiger partial charge on any atom is -0.363 e. The molecule has 4 fully saturated rings. The van der Waals surface area contributed by atoms with Crippen LogP contribution in [-0.4, -0.2) is 22.5 Å². The molecule has 2 unspecified atom stereocenters. The maximum absolute atomic E-state index is 12.6. The fraction of sp³-hybridized carbons (Fsp3) is 0.550. The van der Waals surface area contributed by atoms with Crippen molar-refractivity contribution in [2.45, 2.75) is 38.5 Å².